The van der Waals surface area contributed by atoms with E-state index in [9.17, 15) is 5.11 Å². The van der Waals surface area contributed by atoms with E-state index in [1.165, 1.54) is 0 Å². The van der Waals surface area contributed by atoms with Gasteiger partial charge in [0.15, 0.2) is 5.96 Å². The third kappa shape index (κ3) is 8.89. The van der Waals surface area contributed by atoms with Gasteiger partial charge in [0.2, 0.25) is 0 Å². The molecule has 160 valence electrons. The van der Waals surface area contributed by atoms with Crippen molar-refractivity contribution in [2.45, 2.75) is 26.0 Å². The molecule has 0 saturated carbocycles. The predicted molar refractivity (Wildman–Crippen MR) is 125 cm³/mol. The fourth-order valence-electron chi connectivity index (χ4n) is 2.88. The van der Waals surface area contributed by atoms with Crippen molar-refractivity contribution < 1.29 is 9.84 Å². The third-order valence-corrected chi connectivity index (χ3v) is 4.30. The van der Waals surface area contributed by atoms with Gasteiger partial charge in [-0.15, -0.1) is 24.0 Å². The van der Waals surface area contributed by atoms with E-state index < -0.39 is 5.60 Å². The number of morpholine rings is 1. The number of guanidine groups is 1. The first-order valence-electron chi connectivity index (χ1n) is 9.57. The van der Waals surface area contributed by atoms with Crippen LogP contribution < -0.4 is 15.5 Å². The quantitative estimate of drug-likeness (QED) is 0.275. The topological polar surface area (TPSA) is 85.2 Å². The van der Waals surface area contributed by atoms with E-state index in [1.54, 1.807) is 0 Å². The number of aromatic nitrogens is 1. The Bertz CT molecular complexity index is 606. The first-order chi connectivity index (χ1) is 12.9. The highest BCUT2D eigenvalue weighted by atomic mass is 127. The van der Waals surface area contributed by atoms with Crippen LogP contribution in [-0.4, -0.2) is 86.6 Å². The van der Waals surface area contributed by atoms with Crippen LogP contribution in [0.3, 0.4) is 0 Å². The lowest BCUT2D eigenvalue weighted by Crippen LogP contribution is -2.52. The molecule has 1 fully saturated rings. The average Bonchev–Trinajstić information content (AvgIpc) is 2.64. The van der Waals surface area contributed by atoms with Crippen LogP contribution >= 0.6 is 24.0 Å². The summed E-state index contributed by atoms with van der Waals surface area (Å²) in [4.78, 5) is 13.4. The Kier molecular flexibility index (Phi) is 11.0. The number of ether oxygens (including phenoxy) is 1. The molecular weight excluding hydrogens is 471 g/mol. The molecule has 1 aliphatic heterocycles. The molecule has 28 heavy (non-hydrogen) atoms. The molecule has 1 unspecified atom stereocenters. The number of β-amino-alcohol motifs (C(OH)–C–C–N with tert-alkyl or cyclic N) is 1. The van der Waals surface area contributed by atoms with Crippen molar-refractivity contribution in [3.05, 3.63) is 23.9 Å². The van der Waals surface area contributed by atoms with Gasteiger partial charge in [-0.2, -0.15) is 0 Å². The summed E-state index contributed by atoms with van der Waals surface area (Å²) in [5.74, 6) is 1.59. The Morgan fingerprint density at radius 1 is 1.32 bits per heavy atom. The van der Waals surface area contributed by atoms with E-state index in [0.717, 1.165) is 44.4 Å². The lowest BCUT2D eigenvalue weighted by atomic mass is 10.1. The van der Waals surface area contributed by atoms with Gasteiger partial charge in [0, 0.05) is 46.8 Å². The molecule has 2 rings (SSSR count). The Morgan fingerprint density at radius 3 is 2.68 bits per heavy atom. The van der Waals surface area contributed by atoms with E-state index in [4.69, 9.17) is 4.74 Å². The van der Waals surface area contributed by atoms with Gasteiger partial charge in [-0.3, -0.25) is 4.90 Å². The number of aliphatic hydroxyl groups is 1. The summed E-state index contributed by atoms with van der Waals surface area (Å²) in [6.07, 6.45) is 0. The molecule has 1 aliphatic rings. The maximum absolute atomic E-state index is 10.7. The number of hydrogen-bond donors (Lipinski definition) is 3. The maximum Gasteiger partial charge on any atom is 0.191 e. The first-order valence-corrected chi connectivity index (χ1v) is 9.57. The molecule has 8 nitrogen and oxygen atoms in total. The molecule has 1 saturated heterocycles. The number of aliphatic imine (C=N–C) groups is 1. The normalized spacial score (nSPS) is 17.4. The SMILES string of the molecule is CCNC(=NCc1cccc(N(C)C)n1)NCC(C)(O)CN1CCOCC1.I. The van der Waals surface area contributed by atoms with E-state index in [0.29, 0.717) is 25.6 Å². The molecule has 1 aromatic heterocycles. The summed E-state index contributed by atoms with van der Waals surface area (Å²) in [5, 5.41) is 17.2. The van der Waals surface area contributed by atoms with Gasteiger partial charge in [-0.05, 0) is 26.0 Å². The van der Waals surface area contributed by atoms with Gasteiger partial charge in [0.1, 0.15) is 5.82 Å². The van der Waals surface area contributed by atoms with E-state index in [2.05, 4.69) is 25.5 Å². The molecule has 0 aliphatic carbocycles. The number of hydrogen-bond acceptors (Lipinski definition) is 6. The number of rotatable bonds is 8. The highest BCUT2D eigenvalue weighted by Crippen LogP contribution is 2.09. The number of nitrogens with one attached hydrogen (secondary N) is 2. The zero-order valence-electron chi connectivity index (χ0n) is 17.4. The van der Waals surface area contributed by atoms with E-state index in [-0.39, 0.29) is 24.0 Å². The fraction of sp³-hybridized carbons (Fsp3) is 0.684. The van der Waals surface area contributed by atoms with Crippen LogP contribution in [0.25, 0.3) is 0 Å². The molecule has 2 heterocycles. The summed E-state index contributed by atoms with van der Waals surface area (Å²) >= 11 is 0. The van der Waals surface area contributed by atoms with Crippen molar-refractivity contribution in [1.29, 1.82) is 0 Å². The zero-order chi connectivity index (χ0) is 19.7. The fourth-order valence-corrected chi connectivity index (χ4v) is 2.88. The van der Waals surface area contributed by atoms with E-state index in [1.807, 2.05) is 51.0 Å². The maximum atomic E-state index is 10.7. The Labute approximate surface area is 185 Å². The second-order valence-corrected chi connectivity index (χ2v) is 7.32. The van der Waals surface area contributed by atoms with Crippen molar-refractivity contribution in [1.82, 2.24) is 20.5 Å². The predicted octanol–water partition coefficient (Wildman–Crippen LogP) is 0.904. The van der Waals surface area contributed by atoms with Gasteiger partial charge >= 0.3 is 0 Å². The summed E-state index contributed by atoms with van der Waals surface area (Å²) in [6, 6.07) is 5.93. The first kappa shape index (κ1) is 24.9. The van der Waals surface area contributed by atoms with Gasteiger partial charge < -0.3 is 25.4 Å². The molecule has 0 spiro atoms. The summed E-state index contributed by atoms with van der Waals surface area (Å²) in [6.45, 7) is 9.30. The summed E-state index contributed by atoms with van der Waals surface area (Å²) < 4.78 is 5.36. The highest BCUT2D eigenvalue weighted by molar-refractivity contribution is 14.0. The molecule has 0 radical (unpaired) electrons. The monoisotopic (exact) mass is 506 g/mol. The molecule has 0 aromatic carbocycles. The minimum atomic E-state index is -0.851. The zero-order valence-corrected chi connectivity index (χ0v) is 19.8. The van der Waals surface area contributed by atoms with Crippen molar-refractivity contribution in [3.63, 3.8) is 0 Å². The van der Waals surface area contributed by atoms with Crippen molar-refractivity contribution >= 4 is 35.8 Å². The number of anilines is 1. The lowest BCUT2D eigenvalue weighted by Gasteiger charge is -2.34. The molecule has 1 aromatic rings. The molecular formula is C19H35IN6O2. The van der Waals surface area contributed by atoms with Crippen LogP contribution in [0.15, 0.2) is 23.2 Å². The second-order valence-electron chi connectivity index (χ2n) is 7.32. The van der Waals surface area contributed by atoms with Crippen molar-refractivity contribution in [2.75, 3.05) is 64.9 Å². The van der Waals surface area contributed by atoms with E-state index >= 15 is 0 Å². The van der Waals surface area contributed by atoms with Crippen LogP contribution in [0.2, 0.25) is 0 Å². The molecule has 1 atom stereocenters. The number of halogens is 1. The molecule has 9 heteroatoms. The van der Waals surface area contributed by atoms with Crippen LogP contribution in [0.4, 0.5) is 5.82 Å². The smallest absolute Gasteiger partial charge is 0.191 e. The van der Waals surface area contributed by atoms with Crippen molar-refractivity contribution in [3.8, 4) is 0 Å². The average molecular weight is 506 g/mol. The van der Waals surface area contributed by atoms with Crippen LogP contribution in [0, 0.1) is 0 Å². The lowest BCUT2D eigenvalue weighted by molar-refractivity contribution is -0.0201. The molecule has 0 bridgehead atoms. The minimum absolute atomic E-state index is 0. The van der Waals surface area contributed by atoms with Crippen LogP contribution in [-0.2, 0) is 11.3 Å². The van der Waals surface area contributed by atoms with Gasteiger partial charge in [-0.1, -0.05) is 6.07 Å². The standard InChI is InChI=1S/C19H34N6O2.HI/c1-5-20-18(21-13-16-7-6-8-17(23-16)24(3)4)22-14-19(2,26)15-25-9-11-27-12-10-25;/h6-8,26H,5,9-15H2,1-4H3,(H2,20,21,22);1H. The Morgan fingerprint density at radius 2 is 2.04 bits per heavy atom. The van der Waals surface area contributed by atoms with Crippen molar-refractivity contribution in [2.24, 2.45) is 4.99 Å². The van der Waals surface area contributed by atoms with Gasteiger partial charge in [0.25, 0.3) is 0 Å². The number of pyridine rings is 1. The van der Waals surface area contributed by atoms with Crippen LogP contribution in [0.1, 0.15) is 19.5 Å². The minimum Gasteiger partial charge on any atom is -0.387 e. The third-order valence-electron chi connectivity index (χ3n) is 4.30. The molecule has 0 amide bonds. The van der Waals surface area contributed by atoms with Gasteiger partial charge in [-0.25, -0.2) is 9.98 Å². The van der Waals surface area contributed by atoms with Crippen LogP contribution in [0.5, 0.6) is 0 Å². The van der Waals surface area contributed by atoms with Gasteiger partial charge in [0.05, 0.1) is 31.1 Å². The molecule has 3 N–H and O–H groups in total. The second kappa shape index (κ2) is 12.4. The Balaban J connectivity index is 0.00000392. The number of nitrogens with zero attached hydrogens (tertiary/aromatic N) is 4. The highest BCUT2D eigenvalue weighted by Gasteiger charge is 2.25. The summed E-state index contributed by atoms with van der Waals surface area (Å²) in [7, 11) is 3.94. The largest absolute Gasteiger partial charge is 0.387 e. The summed E-state index contributed by atoms with van der Waals surface area (Å²) in [5.41, 5.74) is 0.0508. The Hall–Kier alpha value is -1.17.